The normalized spacial score (nSPS) is 10.4. The van der Waals surface area contributed by atoms with E-state index >= 15 is 0 Å². The van der Waals surface area contributed by atoms with Gasteiger partial charge >= 0.3 is 0 Å². The van der Waals surface area contributed by atoms with Crippen LogP contribution in [0.4, 0.5) is 5.69 Å². The van der Waals surface area contributed by atoms with E-state index in [-0.39, 0.29) is 0 Å². The molecule has 2 rings (SSSR count). The lowest BCUT2D eigenvalue weighted by molar-refractivity contribution is 1.14. The van der Waals surface area contributed by atoms with Gasteiger partial charge in [0.2, 0.25) is 0 Å². The minimum absolute atomic E-state index is 0.892. The number of hydrogen-bond acceptors (Lipinski definition) is 1. The molecule has 0 aliphatic heterocycles. The first-order valence-electron chi connectivity index (χ1n) is 5.66. The van der Waals surface area contributed by atoms with Gasteiger partial charge in [-0.3, -0.25) is 0 Å². The Balaban J connectivity index is 2.50. The van der Waals surface area contributed by atoms with Crippen LogP contribution in [0.5, 0.6) is 0 Å². The molecule has 2 N–H and O–H groups in total. The molecular formula is C15H17N. The van der Waals surface area contributed by atoms with Crippen LogP contribution in [0.25, 0.3) is 11.1 Å². The van der Waals surface area contributed by atoms with E-state index in [4.69, 9.17) is 5.73 Å². The molecule has 0 saturated heterocycles. The van der Waals surface area contributed by atoms with Crippen LogP contribution < -0.4 is 5.73 Å². The minimum atomic E-state index is 0.892. The highest BCUT2D eigenvalue weighted by Gasteiger charge is 2.03. The van der Waals surface area contributed by atoms with E-state index in [9.17, 15) is 0 Å². The molecule has 0 heterocycles. The lowest BCUT2D eigenvalue weighted by Crippen LogP contribution is -1.93. The maximum Gasteiger partial charge on any atom is 0.0352 e. The van der Waals surface area contributed by atoms with Gasteiger partial charge in [-0.05, 0) is 41.7 Å². The third kappa shape index (κ3) is 1.94. The molecule has 0 bridgehead atoms. The van der Waals surface area contributed by atoms with Crippen LogP contribution in [0.2, 0.25) is 0 Å². The van der Waals surface area contributed by atoms with Gasteiger partial charge in [-0.15, -0.1) is 0 Å². The Morgan fingerprint density at radius 1 is 1.06 bits per heavy atom. The quantitative estimate of drug-likeness (QED) is 0.751. The fourth-order valence-corrected chi connectivity index (χ4v) is 1.98. The predicted octanol–water partition coefficient (Wildman–Crippen LogP) is 3.81. The second-order valence-corrected chi connectivity index (χ2v) is 4.08. The third-order valence-electron chi connectivity index (χ3n) is 2.98. The average molecular weight is 211 g/mol. The van der Waals surface area contributed by atoms with E-state index in [1.54, 1.807) is 0 Å². The van der Waals surface area contributed by atoms with E-state index in [2.05, 4.69) is 56.3 Å². The summed E-state index contributed by atoms with van der Waals surface area (Å²) in [5.41, 5.74) is 11.9. The van der Waals surface area contributed by atoms with Crippen molar-refractivity contribution in [3.05, 3.63) is 53.6 Å². The maximum absolute atomic E-state index is 6.02. The highest BCUT2D eigenvalue weighted by molar-refractivity contribution is 5.71. The van der Waals surface area contributed by atoms with Crippen molar-refractivity contribution in [3.63, 3.8) is 0 Å². The van der Waals surface area contributed by atoms with Crippen molar-refractivity contribution >= 4 is 5.69 Å². The first-order valence-corrected chi connectivity index (χ1v) is 5.66. The summed E-state index contributed by atoms with van der Waals surface area (Å²) >= 11 is 0. The Bertz CT molecular complexity index is 501. The lowest BCUT2D eigenvalue weighted by Gasteiger charge is -2.09. The zero-order valence-corrected chi connectivity index (χ0v) is 9.83. The molecule has 0 unspecified atom stereocenters. The van der Waals surface area contributed by atoms with Gasteiger partial charge < -0.3 is 5.73 Å². The molecule has 1 heteroatoms. The molecule has 82 valence electrons. The van der Waals surface area contributed by atoms with Crippen molar-refractivity contribution in [2.45, 2.75) is 20.3 Å². The largest absolute Gasteiger partial charge is 0.398 e. The second-order valence-electron chi connectivity index (χ2n) is 4.08. The molecule has 0 saturated carbocycles. The number of benzene rings is 2. The van der Waals surface area contributed by atoms with Crippen molar-refractivity contribution in [1.29, 1.82) is 0 Å². The monoisotopic (exact) mass is 211 g/mol. The van der Waals surface area contributed by atoms with Crippen LogP contribution in [-0.2, 0) is 6.42 Å². The summed E-state index contributed by atoms with van der Waals surface area (Å²) in [6, 6.07) is 14.7. The molecule has 2 aromatic rings. The van der Waals surface area contributed by atoms with Crippen LogP contribution in [0.15, 0.2) is 42.5 Å². The zero-order valence-electron chi connectivity index (χ0n) is 9.83. The summed E-state index contributed by atoms with van der Waals surface area (Å²) < 4.78 is 0. The van der Waals surface area contributed by atoms with E-state index in [1.165, 1.54) is 22.3 Å². The Kier molecular flexibility index (Phi) is 2.95. The molecule has 0 aliphatic carbocycles. The van der Waals surface area contributed by atoms with Gasteiger partial charge in [-0.2, -0.15) is 0 Å². The first kappa shape index (κ1) is 10.7. The van der Waals surface area contributed by atoms with Gasteiger partial charge in [0, 0.05) is 5.69 Å². The molecule has 0 fully saturated rings. The fourth-order valence-electron chi connectivity index (χ4n) is 1.98. The topological polar surface area (TPSA) is 26.0 Å². The number of rotatable bonds is 2. The second kappa shape index (κ2) is 4.40. The maximum atomic E-state index is 6.02. The van der Waals surface area contributed by atoms with Crippen LogP contribution in [0.3, 0.4) is 0 Å². The van der Waals surface area contributed by atoms with E-state index < -0.39 is 0 Å². The Labute approximate surface area is 96.9 Å². The van der Waals surface area contributed by atoms with E-state index in [0.29, 0.717) is 0 Å². The van der Waals surface area contributed by atoms with Gasteiger partial charge in [-0.25, -0.2) is 0 Å². The van der Waals surface area contributed by atoms with Crippen molar-refractivity contribution in [3.8, 4) is 11.1 Å². The Hall–Kier alpha value is -1.76. The predicted molar refractivity (Wildman–Crippen MR) is 70.4 cm³/mol. The molecule has 0 atom stereocenters. The summed E-state index contributed by atoms with van der Waals surface area (Å²) in [6.07, 6.45) is 0.986. The number of hydrogen-bond donors (Lipinski definition) is 1. The number of nitrogens with two attached hydrogens (primary N) is 1. The Morgan fingerprint density at radius 3 is 2.44 bits per heavy atom. The summed E-state index contributed by atoms with van der Waals surface area (Å²) in [6.45, 7) is 4.25. The standard InChI is InChI=1S/C15H17N/c1-3-12-8-9-13(10-15(12)16)14-7-5-4-6-11(14)2/h4-10H,3,16H2,1-2H3. The van der Waals surface area contributed by atoms with Gasteiger partial charge in [-0.1, -0.05) is 43.3 Å². The van der Waals surface area contributed by atoms with Crippen LogP contribution in [-0.4, -0.2) is 0 Å². The molecule has 0 aliphatic rings. The molecule has 0 aromatic heterocycles. The van der Waals surface area contributed by atoms with E-state index in [1.807, 2.05) is 0 Å². The third-order valence-corrected chi connectivity index (χ3v) is 2.98. The first-order chi connectivity index (χ1) is 7.72. The smallest absolute Gasteiger partial charge is 0.0352 e. The summed E-state index contributed by atoms with van der Waals surface area (Å²) in [4.78, 5) is 0. The number of nitrogen functional groups attached to an aromatic ring is 1. The zero-order chi connectivity index (χ0) is 11.5. The van der Waals surface area contributed by atoms with Crippen LogP contribution in [0, 0.1) is 6.92 Å². The Morgan fingerprint density at radius 2 is 1.81 bits per heavy atom. The van der Waals surface area contributed by atoms with Crippen LogP contribution >= 0.6 is 0 Å². The molecule has 0 amide bonds. The van der Waals surface area contributed by atoms with Gasteiger partial charge in [0.25, 0.3) is 0 Å². The molecule has 1 nitrogen and oxygen atoms in total. The fraction of sp³-hybridized carbons (Fsp3) is 0.200. The van der Waals surface area contributed by atoms with E-state index in [0.717, 1.165) is 12.1 Å². The molecule has 16 heavy (non-hydrogen) atoms. The van der Waals surface area contributed by atoms with Gasteiger partial charge in [0.1, 0.15) is 0 Å². The SMILES string of the molecule is CCc1ccc(-c2ccccc2C)cc1N. The van der Waals surface area contributed by atoms with Crippen molar-refractivity contribution in [1.82, 2.24) is 0 Å². The van der Waals surface area contributed by atoms with Crippen molar-refractivity contribution in [2.75, 3.05) is 5.73 Å². The summed E-state index contributed by atoms with van der Waals surface area (Å²) in [5.74, 6) is 0. The lowest BCUT2D eigenvalue weighted by atomic mass is 9.98. The van der Waals surface area contributed by atoms with Gasteiger partial charge in [0.05, 0.1) is 0 Å². The summed E-state index contributed by atoms with van der Waals surface area (Å²) in [7, 11) is 0. The molecule has 2 aromatic carbocycles. The number of anilines is 1. The van der Waals surface area contributed by atoms with Crippen molar-refractivity contribution in [2.24, 2.45) is 0 Å². The average Bonchev–Trinajstić information content (AvgIpc) is 2.29. The molecular weight excluding hydrogens is 194 g/mol. The minimum Gasteiger partial charge on any atom is -0.398 e. The molecule has 0 spiro atoms. The molecule has 0 radical (unpaired) electrons. The van der Waals surface area contributed by atoms with Crippen molar-refractivity contribution < 1.29 is 0 Å². The summed E-state index contributed by atoms with van der Waals surface area (Å²) in [5, 5.41) is 0. The highest BCUT2D eigenvalue weighted by Crippen LogP contribution is 2.26. The van der Waals surface area contributed by atoms with Gasteiger partial charge in [0.15, 0.2) is 0 Å². The highest BCUT2D eigenvalue weighted by atomic mass is 14.6. The van der Waals surface area contributed by atoms with Crippen LogP contribution in [0.1, 0.15) is 18.1 Å². The number of aryl methyl sites for hydroxylation is 2.